The normalized spacial score (nSPS) is 12.9. The lowest BCUT2D eigenvalue weighted by Crippen LogP contribution is -2.15. The molecule has 0 N–H and O–H groups in total. The Balaban J connectivity index is 1.23. The van der Waals surface area contributed by atoms with Crippen molar-refractivity contribution in [1.29, 1.82) is 0 Å². The average Bonchev–Trinajstić information content (AvgIpc) is 3.42. The molecule has 232 valence electrons. The van der Waals surface area contributed by atoms with Crippen molar-refractivity contribution < 1.29 is 0 Å². The van der Waals surface area contributed by atoms with Crippen LogP contribution in [-0.4, -0.2) is 15.0 Å². The molecule has 7 aromatic carbocycles. The maximum Gasteiger partial charge on any atom is 0.164 e. The second-order valence-corrected chi connectivity index (χ2v) is 13.3. The lowest BCUT2D eigenvalue weighted by molar-refractivity contribution is 0.666. The monoisotopic (exact) mass is 627 g/mol. The zero-order chi connectivity index (χ0) is 33.0. The fourth-order valence-electron chi connectivity index (χ4n) is 7.53. The number of nitrogens with zero attached hydrogens (tertiary/aromatic N) is 3. The molecular formula is C46H33N3. The first-order valence-electron chi connectivity index (χ1n) is 16.8. The highest BCUT2D eigenvalue weighted by Gasteiger charge is 2.38. The average molecular weight is 628 g/mol. The summed E-state index contributed by atoms with van der Waals surface area (Å²) in [5.41, 5.74) is 12.7. The molecule has 9 rings (SSSR count). The summed E-state index contributed by atoms with van der Waals surface area (Å²) in [5.74, 6) is 1.95. The Morgan fingerprint density at radius 2 is 0.898 bits per heavy atom. The molecular weight excluding hydrogens is 595 g/mol. The topological polar surface area (TPSA) is 38.7 Å². The first-order chi connectivity index (χ1) is 24.0. The Morgan fingerprint density at radius 1 is 0.388 bits per heavy atom. The molecule has 0 saturated carbocycles. The minimum absolute atomic E-state index is 0.124. The van der Waals surface area contributed by atoms with Crippen molar-refractivity contribution in [3.63, 3.8) is 0 Å². The summed E-state index contributed by atoms with van der Waals surface area (Å²) in [6.45, 7) is 4.71. The van der Waals surface area contributed by atoms with E-state index in [9.17, 15) is 0 Å². The Morgan fingerprint density at radius 3 is 1.61 bits per heavy atom. The van der Waals surface area contributed by atoms with Gasteiger partial charge >= 0.3 is 0 Å². The Hall–Kier alpha value is -6.19. The highest BCUT2D eigenvalue weighted by atomic mass is 15.0. The summed E-state index contributed by atoms with van der Waals surface area (Å²) < 4.78 is 0. The quantitative estimate of drug-likeness (QED) is 0.191. The summed E-state index contributed by atoms with van der Waals surface area (Å²) in [4.78, 5) is 15.2. The molecule has 0 aliphatic heterocycles. The summed E-state index contributed by atoms with van der Waals surface area (Å²) in [5, 5.41) is 2.56. The molecule has 0 saturated heterocycles. The standard InChI is InChI=1S/C46H33N3/c1-46(2)40-26-12-11-25-38(40)41-39(29-34-19-9-10-24-37(34)42(41)46)33-21-14-23-36(28-33)45-48-43(31-17-7-4-8-18-31)47-44(49-45)35-22-13-20-32(27-35)30-15-5-3-6-16-30/h3-29H,1-2H3. The molecule has 3 heteroatoms. The van der Waals surface area contributed by atoms with E-state index in [1.165, 1.54) is 38.6 Å². The largest absolute Gasteiger partial charge is 0.208 e. The van der Waals surface area contributed by atoms with E-state index in [1.807, 2.05) is 24.3 Å². The number of benzene rings is 7. The third kappa shape index (κ3) is 4.94. The van der Waals surface area contributed by atoms with Crippen molar-refractivity contribution in [3.8, 4) is 67.5 Å². The molecule has 0 bridgehead atoms. The Bertz CT molecular complexity index is 2520. The molecule has 1 aliphatic rings. The molecule has 0 atom stereocenters. The van der Waals surface area contributed by atoms with E-state index in [4.69, 9.17) is 15.0 Å². The van der Waals surface area contributed by atoms with Crippen LogP contribution < -0.4 is 0 Å². The number of aromatic nitrogens is 3. The Kier molecular flexibility index (Phi) is 6.80. The summed E-state index contributed by atoms with van der Waals surface area (Å²) in [6, 6.07) is 57.7. The number of hydrogen-bond acceptors (Lipinski definition) is 3. The second-order valence-electron chi connectivity index (χ2n) is 13.3. The van der Waals surface area contributed by atoms with E-state index in [0.717, 1.165) is 33.4 Å². The van der Waals surface area contributed by atoms with Crippen LogP contribution in [0, 0.1) is 0 Å². The first kappa shape index (κ1) is 29.0. The third-order valence-electron chi connectivity index (χ3n) is 9.87. The fourth-order valence-corrected chi connectivity index (χ4v) is 7.53. The number of rotatable bonds is 5. The van der Waals surface area contributed by atoms with Crippen molar-refractivity contribution in [2.75, 3.05) is 0 Å². The van der Waals surface area contributed by atoms with E-state index < -0.39 is 0 Å². The van der Waals surface area contributed by atoms with Crippen LogP contribution in [0.5, 0.6) is 0 Å². The van der Waals surface area contributed by atoms with Crippen molar-refractivity contribution >= 4 is 10.8 Å². The van der Waals surface area contributed by atoms with Gasteiger partial charge in [-0.3, -0.25) is 0 Å². The maximum absolute atomic E-state index is 5.13. The minimum atomic E-state index is -0.124. The molecule has 8 aromatic rings. The van der Waals surface area contributed by atoms with Gasteiger partial charge in [0, 0.05) is 22.1 Å². The van der Waals surface area contributed by atoms with Crippen molar-refractivity contribution in [2.24, 2.45) is 0 Å². The van der Waals surface area contributed by atoms with Gasteiger partial charge in [-0.05, 0) is 73.5 Å². The predicted octanol–water partition coefficient (Wildman–Crippen LogP) is 11.7. The smallest absolute Gasteiger partial charge is 0.164 e. The van der Waals surface area contributed by atoms with E-state index in [-0.39, 0.29) is 5.41 Å². The third-order valence-corrected chi connectivity index (χ3v) is 9.87. The van der Waals surface area contributed by atoms with Crippen LogP contribution in [0.25, 0.3) is 78.3 Å². The van der Waals surface area contributed by atoms with Crippen molar-refractivity contribution in [1.82, 2.24) is 15.0 Å². The van der Waals surface area contributed by atoms with Gasteiger partial charge in [0.2, 0.25) is 0 Å². The molecule has 3 nitrogen and oxygen atoms in total. The second kappa shape index (κ2) is 11.5. The molecule has 49 heavy (non-hydrogen) atoms. The van der Waals surface area contributed by atoms with Gasteiger partial charge in [0.15, 0.2) is 17.5 Å². The van der Waals surface area contributed by atoms with Crippen molar-refractivity contribution in [2.45, 2.75) is 19.3 Å². The first-order valence-corrected chi connectivity index (χ1v) is 16.8. The summed E-state index contributed by atoms with van der Waals surface area (Å²) in [6.07, 6.45) is 0. The fraction of sp³-hybridized carbons (Fsp3) is 0.0652. The lowest BCUT2D eigenvalue weighted by Gasteiger charge is -2.24. The molecule has 1 aliphatic carbocycles. The van der Waals surface area contributed by atoms with E-state index in [2.05, 4.69) is 153 Å². The summed E-state index contributed by atoms with van der Waals surface area (Å²) in [7, 11) is 0. The van der Waals surface area contributed by atoms with Crippen LogP contribution >= 0.6 is 0 Å². The van der Waals surface area contributed by atoms with Gasteiger partial charge in [-0.15, -0.1) is 0 Å². The predicted molar refractivity (Wildman–Crippen MR) is 202 cm³/mol. The highest BCUT2D eigenvalue weighted by Crippen LogP contribution is 2.54. The Labute approximate surface area is 286 Å². The van der Waals surface area contributed by atoms with Crippen LogP contribution in [-0.2, 0) is 5.41 Å². The molecule has 1 heterocycles. The number of hydrogen-bond donors (Lipinski definition) is 0. The van der Waals surface area contributed by atoms with E-state index in [0.29, 0.717) is 17.5 Å². The zero-order valence-corrected chi connectivity index (χ0v) is 27.4. The molecule has 1 aromatic heterocycles. The van der Waals surface area contributed by atoms with E-state index in [1.54, 1.807) is 0 Å². The molecule has 0 spiro atoms. The number of fused-ring (bicyclic) bond motifs is 5. The van der Waals surface area contributed by atoms with Crippen LogP contribution in [0.2, 0.25) is 0 Å². The van der Waals surface area contributed by atoms with Gasteiger partial charge in [-0.2, -0.15) is 0 Å². The minimum Gasteiger partial charge on any atom is -0.208 e. The van der Waals surface area contributed by atoms with Crippen LogP contribution in [0.1, 0.15) is 25.0 Å². The van der Waals surface area contributed by atoms with E-state index >= 15 is 0 Å². The molecule has 0 fully saturated rings. The SMILES string of the molecule is CC1(C)c2ccccc2-c2c(-c3cccc(-c4nc(-c5ccccc5)nc(-c5cccc(-c6ccccc6)c5)n4)c3)cc3ccccc3c21. The summed E-state index contributed by atoms with van der Waals surface area (Å²) >= 11 is 0. The van der Waals surface area contributed by atoms with Gasteiger partial charge in [-0.25, -0.2) is 15.0 Å². The zero-order valence-electron chi connectivity index (χ0n) is 27.4. The van der Waals surface area contributed by atoms with Crippen molar-refractivity contribution in [3.05, 3.63) is 175 Å². The van der Waals surface area contributed by atoms with Gasteiger partial charge in [0.1, 0.15) is 0 Å². The highest BCUT2D eigenvalue weighted by molar-refractivity contribution is 6.05. The van der Waals surface area contributed by atoms with Crippen LogP contribution in [0.4, 0.5) is 0 Å². The lowest BCUT2D eigenvalue weighted by atomic mass is 9.79. The maximum atomic E-state index is 5.13. The molecule has 0 amide bonds. The van der Waals surface area contributed by atoms with Crippen LogP contribution in [0.3, 0.4) is 0 Å². The van der Waals surface area contributed by atoms with Gasteiger partial charge in [0.25, 0.3) is 0 Å². The van der Waals surface area contributed by atoms with Gasteiger partial charge in [-0.1, -0.05) is 159 Å². The van der Waals surface area contributed by atoms with Gasteiger partial charge in [0.05, 0.1) is 0 Å². The molecule has 0 unspecified atom stereocenters. The molecule has 0 radical (unpaired) electrons. The van der Waals surface area contributed by atoms with Crippen LogP contribution in [0.15, 0.2) is 164 Å². The van der Waals surface area contributed by atoms with Gasteiger partial charge < -0.3 is 0 Å².